The third kappa shape index (κ3) is 2.46. The molecule has 1 aliphatic rings. The van der Waals surface area contributed by atoms with E-state index in [1.54, 1.807) is 6.07 Å². The zero-order chi connectivity index (χ0) is 14.1. The highest BCUT2D eigenvalue weighted by Gasteiger charge is 2.21. The number of pyridine rings is 1. The van der Waals surface area contributed by atoms with Gasteiger partial charge < -0.3 is 10.3 Å². The molecule has 0 amide bonds. The summed E-state index contributed by atoms with van der Waals surface area (Å²) in [5, 5.41) is 3.78. The Bertz CT molecular complexity index is 648. The monoisotopic (exact) mass is 292 g/mol. The van der Waals surface area contributed by atoms with Gasteiger partial charge in [-0.25, -0.2) is 14.4 Å². The highest BCUT2D eigenvalue weighted by Crippen LogP contribution is 2.30. The van der Waals surface area contributed by atoms with Crippen LogP contribution in [0.15, 0.2) is 24.4 Å². The molecule has 20 heavy (non-hydrogen) atoms. The third-order valence-electron chi connectivity index (χ3n) is 3.35. The minimum Gasteiger partial charge on any atom is -0.327 e. The van der Waals surface area contributed by atoms with Gasteiger partial charge in [-0.1, -0.05) is 24.6 Å². The molecule has 2 aromatic heterocycles. The van der Waals surface area contributed by atoms with E-state index >= 15 is 0 Å². The average Bonchev–Trinajstić information content (AvgIpc) is 2.82. The van der Waals surface area contributed by atoms with E-state index in [0.29, 0.717) is 22.6 Å². The quantitative estimate of drug-likeness (QED) is 0.895. The molecule has 3 heterocycles. The summed E-state index contributed by atoms with van der Waals surface area (Å²) in [6.07, 6.45) is 3.26. The standard InChI is InChI=1S/C14H14ClFN4/c1-8-6-17-5-4-10(8)12-13(15)20-14(19-12)11-3-2-9(16)7-18-11/h2-4,7-8,17H,5-6H2,1H3,(H,19,20). The van der Waals surface area contributed by atoms with Crippen LogP contribution in [-0.2, 0) is 0 Å². The molecule has 0 aliphatic carbocycles. The maximum atomic E-state index is 12.9. The Kier molecular flexibility index (Phi) is 3.54. The minimum atomic E-state index is -0.374. The normalized spacial score (nSPS) is 18.9. The van der Waals surface area contributed by atoms with Crippen molar-refractivity contribution in [2.75, 3.05) is 13.1 Å². The lowest BCUT2D eigenvalue weighted by Gasteiger charge is -2.20. The molecule has 0 aromatic carbocycles. The van der Waals surface area contributed by atoms with Crippen LogP contribution in [0.25, 0.3) is 17.1 Å². The van der Waals surface area contributed by atoms with Gasteiger partial charge in [0.25, 0.3) is 0 Å². The van der Waals surface area contributed by atoms with Crippen molar-refractivity contribution < 1.29 is 4.39 Å². The lowest BCUT2D eigenvalue weighted by atomic mass is 9.95. The second-order valence-electron chi connectivity index (χ2n) is 4.83. The predicted molar refractivity (Wildman–Crippen MR) is 76.8 cm³/mol. The Morgan fingerprint density at radius 3 is 2.95 bits per heavy atom. The fraction of sp³-hybridized carbons (Fsp3) is 0.286. The van der Waals surface area contributed by atoms with E-state index in [2.05, 4.69) is 33.3 Å². The zero-order valence-corrected chi connectivity index (χ0v) is 11.7. The summed E-state index contributed by atoms with van der Waals surface area (Å²) in [6, 6.07) is 2.93. The largest absolute Gasteiger partial charge is 0.327 e. The Morgan fingerprint density at radius 1 is 1.40 bits per heavy atom. The van der Waals surface area contributed by atoms with Gasteiger partial charge in [-0.2, -0.15) is 0 Å². The van der Waals surface area contributed by atoms with Crippen LogP contribution in [-0.4, -0.2) is 28.0 Å². The number of rotatable bonds is 2. The summed E-state index contributed by atoms with van der Waals surface area (Å²) in [5.74, 6) is 0.525. The Labute approximate surface area is 121 Å². The SMILES string of the molecule is CC1CNCC=C1c1nc(-c2ccc(F)cn2)[nH]c1Cl. The molecule has 0 saturated carbocycles. The molecule has 2 N–H and O–H groups in total. The van der Waals surface area contributed by atoms with Crippen LogP contribution in [0.4, 0.5) is 4.39 Å². The van der Waals surface area contributed by atoms with Gasteiger partial charge in [-0.3, -0.25) is 0 Å². The van der Waals surface area contributed by atoms with Gasteiger partial charge in [0.2, 0.25) is 0 Å². The molecule has 1 aliphatic heterocycles. The number of hydrogen-bond donors (Lipinski definition) is 2. The van der Waals surface area contributed by atoms with E-state index in [4.69, 9.17) is 11.6 Å². The van der Waals surface area contributed by atoms with Crippen LogP contribution >= 0.6 is 11.6 Å². The molecule has 1 atom stereocenters. The highest BCUT2D eigenvalue weighted by atomic mass is 35.5. The second-order valence-corrected chi connectivity index (χ2v) is 5.21. The van der Waals surface area contributed by atoms with Gasteiger partial charge in [0.15, 0.2) is 5.82 Å². The van der Waals surface area contributed by atoms with Crippen molar-refractivity contribution in [3.63, 3.8) is 0 Å². The molecule has 6 heteroatoms. The summed E-state index contributed by atoms with van der Waals surface area (Å²) < 4.78 is 12.9. The lowest BCUT2D eigenvalue weighted by molar-refractivity contribution is 0.613. The molecule has 0 spiro atoms. The molecule has 3 rings (SSSR count). The van der Waals surface area contributed by atoms with Gasteiger partial charge in [-0.15, -0.1) is 0 Å². The van der Waals surface area contributed by atoms with E-state index < -0.39 is 0 Å². The highest BCUT2D eigenvalue weighted by molar-refractivity contribution is 6.31. The maximum Gasteiger partial charge on any atom is 0.157 e. The molecule has 0 saturated heterocycles. The molecule has 0 radical (unpaired) electrons. The van der Waals surface area contributed by atoms with E-state index in [1.807, 2.05) is 0 Å². The summed E-state index contributed by atoms with van der Waals surface area (Å²) >= 11 is 6.24. The molecule has 1 unspecified atom stereocenters. The van der Waals surface area contributed by atoms with Gasteiger partial charge in [-0.05, 0) is 23.6 Å². The lowest BCUT2D eigenvalue weighted by Crippen LogP contribution is -2.27. The average molecular weight is 293 g/mol. The summed E-state index contributed by atoms with van der Waals surface area (Å²) in [5.41, 5.74) is 2.45. The molecule has 2 aromatic rings. The maximum absolute atomic E-state index is 12.9. The predicted octanol–water partition coefficient (Wildman–Crippen LogP) is 2.89. The van der Waals surface area contributed by atoms with Crippen molar-refractivity contribution in [1.29, 1.82) is 0 Å². The van der Waals surface area contributed by atoms with Crippen LogP contribution in [0.3, 0.4) is 0 Å². The molecule has 0 bridgehead atoms. The number of imidazole rings is 1. The van der Waals surface area contributed by atoms with Crippen molar-refractivity contribution in [3.05, 3.63) is 41.1 Å². The van der Waals surface area contributed by atoms with Crippen LogP contribution in [0.5, 0.6) is 0 Å². The summed E-state index contributed by atoms with van der Waals surface area (Å²) in [4.78, 5) is 11.5. The number of H-pyrrole nitrogens is 1. The number of aromatic nitrogens is 3. The van der Waals surface area contributed by atoms with Gasteiger partial charge >= 0.3 is 0 Å². The van der Waals surface area contributed by atoms with E-state index in [9.17, 15) is 4.39 Å². The van der Waals surface area contributed by atoms with Gasteiger partial charge in [0.05, 0.1) is 6.20 Å². The minimum absolute atomic E-state index is 0.346. The van der Waals surface area contributed by atoms with Crippen molar-refractivity contribution in [3.8, 4) is 11.5 Å². The molecule has 4 nitrogen and oxygen atoms in total. The van der Waals surface area contributed by atoms with Crippen molar-refractivity contribution in [2.24, 2.45) is 5.92 Å². The van der Waals surface area contributed by atoms with Crippen LogP contribution in [0.2, 0.25) is 5.15 Å². The van der Waals surface area contributed by atoms with Crippen LogP contribution in [0, 0.1) is 11.7 Å². The Morgan fingerprint density at radius 2 is 2.25 bits per heavy atom. The van der Waals surface area contributed by atoms with Crippen molar-refractivity contribution >= 4 is 17.2 Å². The van der Waals surface area contributed by atoms with Crippen LogP contribution in [0.1, 0.15) is 12.6 Å². The first-order valence-corrected chi connectivity index (χ1v) is 6.81. The van der Waals surface area contributed by atoms with E-state index in [0.717, 1.165) is 30.6 Å². The number of nitrogens with zero attached hydrogens (tertiary/aromatic N) is 2. The molecular weight excluding hydrogens is 279 g/mol. The zero-order valence-electron chi connectivity index (χ0n) is 11.0. The van der Waals surface area contributed by atoms with Crippen molar-refractivity contribution in [1.82, 2.24) is 20.3 Å². The fourth-order valence-corrected chi connectivity index (χ4v) is 2.54. The van der Waals surface area contributed by atoms with Gasteiger partial charge in [0.1, 0.15) is 22.4 Å². The first-order valence-electron chi connectivity index (χ1n) is 6.43. The second kappa shape index (κ2) is 5.34. The first-order chi connectivity index (χ1) is 9.65. The van der Waals surface area contributed by atoms with Crippen molar-refractivity contribution in [2.45, 2.75) is 6.92 Å². The number of hydrogen-bond acceptors (Lipinski definition) is 3. The van der Waals surface area contributed by atoms with E-state index in [1.165, 1.54) is 6.07 Å². The molecule has 104 valence electrons. The summed E-state index contributed by atoms with van der Waals surface area (Å²) in [7, 11) is 0. The molecular formula is C14H14ClFN4. The topological polar surface area (TPSA) is 53.6 Å². The van der Waals surface area contributed by atoms with Crippen LogP contribution < -0.4 is 5.32 Å². The number of halogens is 2. The Hall–Kier alpha value is -1.72. The summed E-state index contributed by atoms with van der Waals surface area (Å²) in [6.45, 7) is 3.84. The third-order valence-corrected chi connectivity index (χ3v) is 3.62. The fourth-order valence-electron chi connectivity index (χ4n) is 2.30. The van der Waals surface area contributed by atoms with E-state index in [-0.39, 0.29) is 5.82 Å². The Balaban J connectivity index is 1.99. The number of aromatic amines is 1. The first kappa shape index (κ1) is 13.3. The number of nitrogens with one attached hydrogen (secondary N) is 2. The van der Waals surface area contributed by atoms with Gasteiger partial charge in [0, 0.05) is 13.1 Å². The smallest absolute Gasteiger partial charge is 0.157 e. The molecule has 0 fully saturated rings.